The molecule has 0 aliphatic carbocycles. The highest BCUT2D eigenvalue weighted by molar-refractivity contribution is 5.66. The van der Waals surface area contributed by atoms with Gasteiger partial charge in [0.2, 0.25) is 5.89 Å². The third-order valence-electron chi connectivity index (χ3n) is 3.54. The molecule has 6 nitrogen and oxygen atoms in total. The topological polar surface area (TPSA) is 79.5 Å². The van der Waals surface area contributed by atoms with Gasteiger partial charge in [-0.2, -0.15) is 4.98 Å². The Balaban J connectivity index is 2.05. The number of rotatable bonds is 5. The molecule has 0 spiro atoms. The van der Waals surface area contributed by atoms with Crippen LogP contribution in [0.5, 0.6) is 0 Å². The van der Waals surface area contributed by atoms with Crippen LogP contribution >= 0.6 is 0 Å². The van der Waals surface area contributed by atoms with Crippen LogP contribution in [0.4, 0.5) is 0 Å². The monoisotopic (exact) mass is 267 g/mol. The summed E-state index contributed by atoms with van der Waals surface area (Å²) in [6.07, 6.45) is 3.75. The fourth-order valence-corrected chi connectivity index (χ4v) is 2.57. The molecule has 0 aromatic carbocycles. The first-order valence-corrected chi connectivity index (χ1v) is 6.88. The van der Waals surface area contributed by atoms with Crippen LogP contribution in [0.3, 0.4) is 0 Å². The zero-order chi connectivity index (χ0) is 13.8. The van der Waals surface area contributed by atoms with Crippen molar-refractivity contribution in [2.24, 2.45) is 0 Å². The van der Waals surface area contributed by atoms with E-state index in [1.165, 1.54) is 12.8 Å². The molecule has 1 aromatic rings. The first-order valence-electron chi connectivity index (χ1n) is 6.88. The van der Waals surface area contributed by atoms with Gasteiger partial charge in [0.05, 0.1) is 12.5 Å². The highest BCUT2D eigenvalue weighted by Crippen LogP contribution is 2.30. The summed E-state index contributed by atoms with van der Waals surface area (Å²) in [6, 6.07) is 0.655. The highest BCUT2D eigenvalue weighted by Gasteiger charge is 2.29. The van der Waals surface area contributed by atoms with Crippen molar-refractivity contribution in [2.45, 2.75) is 58.0 Å². The number of hydrogen-bond acceptors (Lipinski definition) is 5. The number of carboxylic acids is 1. The van der Waals surface area contributed by atoms with E-state index < -0.39 is 5.97 Å². The number of piperidine rings is 1. The lowest BCUT2D eigenvalue weighted by Crippen LogP contribution is -2.38. The van der Waals surface area contributed by atoms with Crippen molar-refractivity contribution in [3.63, 3.8) is 0 Å². The predicted octanol–water partition coefficient (Wildman–Crippen LogP) is 2.02. The van der Waals surface area contributed by atoms with Crippen LogP contribution in [-0.2, 0) is 11.2 Å². The Kier molecular flexibility index (Phi) is 4.52. The van der Waals surface area contributed by atoms with Crippen molar-refractivity contribution in [3.05, 3.63) is 11.7 Å². The molecule has 2 rings (SSSR count). The van der Waals surface area contributed by atoms with Crippen molar-refractivity contribution < 1.29 is 14.4 Å². The molecule has 106 valence electrons. The maximum Gasteiger partial charge on any atom is 0.303 e. The molecule has 1 fully saturated rings. The average Bonchev–Trinajstić information content (AvgIpc) is 2.85. The van der Waals surface area contributed by atoms with E-state index in [1.807, 2.05) is 0 Å². The number of carbonyl (C=O) groups is 1. The molecule has 1 aliphatic rings. The van der Waals surface area contributed by atoms with Crippen LogP contribution in [0.15, 0.2) is 4.52 Å². The molecule has 0 radical (unpaired) electrons. The van der Waals surface area contributed by atoms with Crippen LogP contribution < -0.4 is 0 Å². The van der Waals surface area contributed by atoms with Gasteiger partial charge >= 0.3 is 5.97 Å². The van der Waals surface area contributed by atoms with Gasteiger partial charge in [-0.1, -0.05) is 11.6 Å². The van der Waals surface area contributed by atoms with E-state index >= 15 is 0 Å². The summed E-state index contributed by atoms with van der Waals surface area (Å²) < 4.78 is 5.15. The zero-order valence-corrected chi connectivity index (χ0v) is 11.5. The Morgan fingerprint density at radius 3 is 3.00 bits per heavy atom. The van der Waals surface area contributed by atoms with Crippen LogP contribution in [0.25, 0.3) is 0 Å². The Morgan fingerprint density at radius 2 is 2.32 bits per heavy atom. The third kappa shape index (κ3) is 3.53. The minimum atomic E-state index is -0.846. The third-order valence-corrected chi connectivity index (χ3v) is 3.54. The largest absolute Gasteiger partial charge is 0.481 e. The molecule has 2 heterocycles. The molecule has 1 atom stereocenters. The van der Waals surface area contributed by atoms with Gasteiger partial charge in [0, 0.05) is 12.5 Å². The van der Waals surface area contributed by atoms with E-state index in [9.17, 15) is 4.79 Å². The summed E-state index contributed by atoms with van der Waals surface area (Å²) in [7, 11) is 0. The SMILES string of the molecule is CC(C)N1CCCCC1c1noc(CCC(=O)O)n1. The van der Waals surface area contributed by atoms with Crippen LogP contribution in [0, 0.1) is 0 Å². The fourth-order valence-electron chi connectivity index (χ4n) is 2.57. The predicted molar refractivity (Wildman–Crippen MR) is 68.7 cm³/mol. The van der Waals surface area contributed by atoms with Gasteiger partial charge < -0.3 is 9.63 Å². The molecule has 1 saturated heterocycles. The summed E-state index contributed by atoms with van der Waals surface area (Å²) in [5.74, 6) is 0.279. The summed E-state index contributed by atoms with van der Waals surface area (Å²) in [6.45, 7) is 5.40. The Hall–Kier alpha value is -1.43. The summed E-state index contributed by atoms with van der Waals surface area (Å²) in [5.41, 5.74) is 0. The van der Waals surface area contributed by atoms with Gasteiger partial charge in [0.1, 0.15) is 0 Å². The Labute approximate surface area is 112 Å². The number of likely N-dealkylation sites (tertiary alicyclic amines) is 1. The number of carboxylic acid groups (broad SMARTS) is 1. The quantitative estimate of drug-likeness (QED) is 0.879. The van der Waals surface area contributed by atoms with Crippen LogP contribution in [0.1, 0.15) is 57.3 Å². The lowest BCUT2D eigenvalue weighted by atomic mass is 10.00. The first kappa shape index (κ1) is 14.0. The van der Waals surface area contributed by atoms with Gasteiger partial charge in [0.25, 0.3) is 0 Å². The summed E-state index contributed by atoms with van der Waals surface area (Å²) in [4.78, 5) is 17.3. The van der Waals surface area contributed by atoms with Crippen molar-refractivity contribution in [1.82, 2.24) is 15.0 Å². The second-order valence-electron chi connectivity index (χ2n) is 5.28. The molecule has 19 heavy (non-hydrogen) atoms. The molecule has 1 N–H and O–H groups in total. The fraction of sp³-hybridized carbons (Fsp3) is 0.769. The van der Waals surface area contributed by atoms with Crippen molar-refractivity contribution in [2.75, 3.05) is 6.54 Å². The van der Waals surface area contributed by atoms with Crippen molar-refractivity contribution in [1.29, 1.82) is 0 Å². The van der Waals surface area contributed by atoms with Gasteiger partial charge in [0.15, 0.2) is 5.82 Å². The number of aryl methyl sites for hydroxylation is 1. The standard InChI is InChI=1S/C13H21N3O3/c1-9(2)16-8-4-3-5-10(16)13-14-11(19-15-13)6-7-12(17)18/h9-10H,3-8H2,1-2H3,(H,17,18). The molecule has 1 unspecified atom stereocenters. The maximum absolute atomic E-state index is 10.5. The minimum absolute atomic E-state index is 0.0280. The van der Waals surface area contributed by atoms with Crippen LogP contribution in [0.2, 0.25) is 0 Å². The van der Waals surface area contributed by atoms with Crippen molar-refractivity contribution >= 4 is 5.97 Å². The molecule has 6 heteroatoms. The zero-order valence-electron chi connectivity index (χ0n) is 11.5. The Bertz CT molecular complexity index is 431. The van der Waals surface area contributed by atoms with E-state index in [0.717, 1.165) is 13.0 Å². The molecule has 1 aromatic heterocycles. The molecule has 0 bridgehead atoms. The number of nitrogens with zero attached hydrogens (tertiary/aromatic N) is 3. The van der Waals surface area contributed by atoms with Gasteiger partial charge in [-0.25, -0.2) is 0 Å². The van der Waals surface area contributed by atoms with E-state index in [-0.39, 0.29) is 12.5 Å². The van der Waals surface area contributed by atoms with E-state index in [4.69, 9.17) is 9.63 Å². The average molecular weight is 267 g/mol. The summed E-state index contributed by atoms with van der Waals surface area (Å²) >= 11 is 0. The molecular formula is C13H21N3O3. The van der Waals surface area contributed by atoms with Gasteiger partial charge in [-0.3, -0.25) is 9.69 Å². The van der Waals surface area contributed by atoms with Crippen molar-refractivity contribution in [3.8, 4) is 0 Å². The highest BCUT2D eigenvalue weighted by atomic mass is 16.5. The lowest BCUT2D eigenvalue weighted by Gasteiger charge is -2.36. The van der Waals surface area contributed by atoms with Crippen LogP contribution in [-0.4, -0.2) is 38.7 Å². The van der Waals surface area contributed by atoms with Gasteiger partial charge in [-0.15, -0.1) is 0 Å². The minimum Gasteiger partial charge on any atom is -0.481 e. The summed E-state index contributed by atoms with van der Waals surface area (Å²) in [5, 5.41) is 12.7. The second-order valence-corrected chi connectivity index (χ2v) is 5.28. The molecule has 0 amide bonds. The normalized spacial score (nSPS) is 20.9. The second kappa shape index (κ2) is 6.14. The smallest absolute Gasteiger partial charge is 0.303 e. The Morgan fingerprint density at radius 1 is 1.53 bits per heavy atom. The lowest BCUT2D eigenvalue weighted by molar-refractivity contribution is -0.137. The van der Waals surface area contributed by atoms with Gasteiger partial charge in [-0.05, 0) is 33.2 Å². The van der Waals surface area contributed by atoms with E-state index in [0.29, 0.717) is 24.2 Å². The number of aliphatic carboxylic acids is 1. The van der Waals surface area contributed by atoms with E-state index in [1.54, 1.807) is 0 Å². The molecule has 1 aliphatic heterocycles. The molecular weight excluding hydrogens is 246 g/mol. The maximum atomic E-state index is 10.5. The number of aromatic nitrogens is 2. The van der Waals surface area contributed by atoms with E-state index in [2.05, 4.69) is 28.9 Å². The molecule has 0 saturated carbocycles. The first-order chi connectivity index (χ1) is 9.08. The number of hydrogen-bond donors (Lipinski definition) is 1.